The number of nitrogens with one attached hydrogen (secondary N) is 1. The van der Waals surface area contributed by atoms with Crippen LogP contribution in [-0.4, -0.2) is 29.2 Å². The summed E-state index contributed by atoms with van der Waals surface area (Å²) in [6, 6.07) is 4.38. The van der Waals surface area contributed by atoms with Gasteiger partial charge in [-0.15, -0.1) is 12.3 Å². The lowest BCUT2D eigenvalue weighted by molar-refractivity contribution is 0.354. The fraction of sp³-hybridized carbons (Fsp3) is 0.333. The molecule has 0 aromatic heterocycles. The zero-order valence-corrected chi connectivity index (χ0v) is 11.1. The zero-order valence-electron chi connectivity index (χ0n) is 10.3. The maximum absolute atomic E-state index is 11.9. The van der Waals surface area contributed by atoms with Crippen LogP contribution >= 0.6 is 0 Å². The van der Waals surface area contributed by atoms with Gasteiger partial charge in [0.05, 0.1) is 19.1 Å². The van der Waals surface area contributed by atoms with E-state index in [-0.39, 0.29) is 11.4 Å². The molecule has 0 fully saturated rings. The molecule has 0 spiro atoms. The van der Waals surface area contributed by atoms with E-state index in [4.69, 9.17) is 15.9 Å². The number of rotatable bonds is 6. The van der Waals surface area contributed by atoms with Crippen molar-refractivity contribution in [1.82, 2.24) is 4.72 Å². The highest BCUT2D eigenvalue weighted by Crippen LogP contribution is 2.29. The summed E-state index contributed by atoms with van der Waals surface area (Å²) in [6.45, 7) is 0.202. The molecule has 1 aromatic carbocycles. The van der Waals surface area contributed by atoms with Crippen LogP contribution in [0.5, 0.6) is 11.5 Å². The molecule has 0 amide bonds. The molecule has 98 valence electrons. The number of methoxy groups -OCH3 is 2. The third-order valence-corrected chi connectivity index (χ3v) is 3.69. The monoisotopic (exact) mass is 269 g/mol. The first kappa shape index (κ1) is 14.4. The second-order valence-corrected chi connectivity index (χ2v) is 5.14. The molecule has 0 aliphatic rings. The first-order chi connectivity index (χ1) is 8.55. The van der Waals surface area contributed by atoms with Gasteiger partial charge < -0.3 is 9.47 Å². The molecule has 1 aromatic rings. The Morgan fingerprint density at radius 1 is 1.28 bits per heavy atom. The van der Waals surface area contributed by atoms with Crippen LogP contribution in [0, 0.1) is 12.3 Å². The molecule has 0 saturated carbocycles. The molecule has 0 unspecified atom stereocenters. The van der Waals surface area contributed by atoms with E-state index in [0.717, 1.165) is 0 Å². The second kappa shape index (κ2) is 6.28. The Balaban J connectivity index is 2.99. The average molecular weight is 269 g/mol. The highest BCUT2D eigenvalue weighted by molar-refractivity contribution is 7.89. The van der Waals surface area contributed by atoms with Crippen LogP contribution in [0.3, 0.4) is 0 Å². The number of sulfonamides is 1. The van der Waals surface area contributed by atoms with Gasteiger partial charge in [-0.05, 0) is 12.1 Å². The second-order valence-electron chi connectivity index (χ2n) is 3.37. The Kier molecular flexibility index (Phi) is 5.01. The minimum absolute atomic E-state index is 0.108. The van der Waals surface area contributed by atoms with Crippen LogP contribution in [0.15, 0.2) is 23.1 Å². The van der Waals surface area contributed by atoms with E-state index in [2.05, 4.69) is 10.6 Å². The van der Waals surface area contributed by atoms with Gasteiger partial charge in [-0.2, -0.15) is 0 Å². The molecule has 1 N–H and O–H groups in total. The molecule has 6 heteroatoms. The van der Waals surface area contributed by atoms with Crippen molar-refractivity contribution in [3.05, 3.63) is 18.2 Å². The molecule has 0 saturated heterocycles. The van der Waals surface area contributed by atoms with Gasteiger partial charge in [0.15, 0.2) is 11.5 Å². The average Bonchev–Trinajstić information content (AvgIpc) is 2.38. The number of hydrogen-bond acceptors (Lipinski definition) is 4. The van der Waals surface area contributed by atoms with Crippen LogP contribution in [-0.2, 0) is 10.0 Å². The summed E-state index contributed by atoms with van der Waals surface area (Å²) >= 11 is 0. The maximum atomic E-state index is 11.9. The number of ether oxygens (including phenoxy) is 2. The maximum Gasteiger partial charge on any atom is 0.240 e. The summed E-state index contributed by atoms with van der Waals surface area (Å²) in [4.78, 5) is 0.108. The van der Waals surface area contributed by atoms with Gasteiger partial charge in [0.2, 0.25) is 10.0 Å². The van der Waals surface area contributed by atoms with Gasteiger partial charge in [0.25, 0.3) is 0 Å². The summed E-state index contributed by atoms with van der Waals surface area (Å²) in [6.07, 6.45) is 5.40. The zero-order chi connectivity index (χ0) is 13.6. The highest BCUT2D eigenvalue weighted by atomic mass is 32.2. The van der Waals surface area contributed by atoms with Gasteiger partial charge in [-0.1, -0.05) is 0 Å². The summed E-state index contributed by atoms with van der Waals surface area (Å²) < 4.78 is 36.3. The lowest BCUT2D eigenvalue weighted by Crippen LogP contribution is -2.24. The number of terminal acetylenes is 1. The molecule has 0 aliphatic carbocycles. The molecule has 1 rings (SSSR count). The minimum Gasteiger partial charge on any atom is -0.493 e. The summed E-state index contributed by atoms with van der Waals surface area (Å²) in [7, 11) is -0.643. The lowest BCUT2D eigenvalue weighted by Gasteiger charge is -2.10. The Hall–Kier alpha value is -1.71. The van der Waals surface area contributed by atoms with Crippen LogP contribution in [0.1, 0.15) is 6.42 Å². The topological polar surface area (TPSA) is 64.6 Å². The third kappa shape index (κ3) is 3.39. The highest BCUT2D eigenvalue weighted by Gasteiger charge is 2.16. The van der Waals surface area contributed by atoms with Gasteiger partial charge in [-0.25, -0.2) is 13.1 Å². The van der Waals surface area contributed by atoms with Gasteiger partial charge in [-0.3, -0.25) is 0 Å². The van der Waals surface area contributed by atoms with Crippen LogP contribution in [0.4, 0.5) is 0 Å². The van der Waals surface area contributed by atoms with E-state index in [9.17, 15) is 8.42 Å². The van der Waals surface area contributed by atoms with Crippen molar-refractivity contribution >= 4 is 10.0 Å². The Labute approximate surface area is 107 Å². The predicted molar refractivity (Wildman–Crippen MR) is 68.2 cm³/mol. The molecule has 0 atom stereocenters. The molecule has 0 radical (unpaired) electrons. The molecule has 18 heavy (non-hydrogen) atoms. The number of benzene rings is 1. The van der Waals surface area contributed by atoms with Crippen LogP contribution < -0.4 is 14.2 Å². The van der Waals surface area contributed by atoms with E-state index in [1.165, 1.54) is 32.4 Å². The van der Waals surface area contributed by atoms with E-state index in [1.54, 1.807) is 0 Å². The summed E-state index contributed by atoms with van der Waals surface area (Å²) in [5, 5.41) is 0. The van der Waals surface area contributed by atoms with Gasteiger partial charge in [0, 0.05) is 19.0 Å². The first-order valence-electron chi connectivity index (χ1n) is 5.20. The standard InChI is InChI=1S/C12H15NO4S/c1-4-5-8-13-18(14,15)10-6-7-11(16-2)12(9-10)17-3/h1,6-7,9,13H,5,8H2,2-3H3. The van der Waals surface area contributed by atoms with Gasteiger partial charge >= 0.3 is 0 Å². The third-order valence-electron chi connectivity index (χ3n) is 2.23. The molecular formula is C12H15NO4S. The van der Waals surface area contributed by atoms with E-state index >= 15 is 0 Å². The van der Waals surface area contributed by atoms with Crippen molar-refractivity contribution in [2.24, 2.45) is 0 Å². The van der Waals surface area contributed by atoms with Crippen molar-refractivity contribution in [3.8, 4) is 23.8 Å². The Bertz CT molecular complexity index is 546. The molecular weight excluding hydrogens is 254 g/mol. The predicted octanol–water partition coefficient (Wildman–Crippen LogP) is 1.01. The van der Waals surface area contributed by atoms with Crippen molar-refractivity contribution < 1.29 is 17.9 Å². The molecule has 0 aliphatic heterocycles. The van der Waals surface area contributed by atoms with Crippen molar-refractivity contribution in [3.63, 3.8) is 0 Å². The largest absolute Gasteiger partial charge is 0.493 e. The van der Waals surface area contributed by atoms with E-state index in [1.807, 2.05) is 0 Å². The normalized spacial score (nSPS) is 10.7. The fourth-order valence-electron chi connectivity index (χ4n) is 1.32. The summed E-state index contributed by atoms with van der Waals surface area (Å²) in [5.74, 6) is 3.19. The first-order valence-corrected chi connectivity index (χ1v) is 6.68. The van der Waals surface area contributed by atoms with Crippen molar-refractivity contribution in [2.45, 2.75) is 11.3 Å². The van der Waals surface area contributed by atoms with Gasteiger partial charge in [0.1, 0.15) is 0 Å². The number of hydrogen-bond donors (Lipinski definition) is 1. The lowest BCUT2D eigenvalue weighted by atomic mass is 10.3. The van der Waals surface area contributed by atoms with Crippen molar-refractivity contribution in [2.75, 3.05) is 20.8 Å². The molecule has 0 heterocycles. The Morgan fingerprint density at radius 2 is 1.94 bits per heavy atom. The summed E-state index contributed by atoms with van der Waals surface area (Å²) in [5.41, 5.74) is 0. The van der Waals surface area contributed by atoms with E-state index < -0.39 is 10.0 Å². The Morgan fingerprint density at radius 3 is 2.50 bits per heavy atom. The molecule has 0 bridgehead atoms. The molecule has 5 nitrogen and oxygen atoms in total. The van der Waals surface area contributed by atoms with E-state index in [0.29, 0.717) is 17.9 Å². The quantitative estimate of drug-likeness (QED) is 0.618. The SMILES string of the molecule is C#CCCNS(=O)(=O)c1ccc(OC)c(OC)c1. The minimum atomic E-state index is -3.57. The smallest absolute Gasteiger partial charge is 0.240 e. The van der Waals surface area contributed by atoms with Crippen LogP contribution in [0.2, 0.25) is 0 Å². The van der Waals surface area contributed by atoms with Crippen molar-refractivity contribution in [1.29, 1.82) is 0 Å². The fourth-order valence-corrected chi connectivity index (χ4v) is 2.37. The van der Waals surface area contributed by atoms with Crippen LogP contribution in [0.25, 0.3) is 0 Å².